The van der Waals surface area contributed by atoms with E-state index in [4.69, 9.17) is 19.5 Å². The van der Waals surface area contributed by atoms with Gasteiger partial charge < -0.3 is 19.1 Å². The molecule has 1 amide bonds. The van der Waals surface area contributed by atoms with E-state index in [2.05, 4.69) is 17.0 Å². The topological polar surface area (TPSA) is 92.1 Å². The first-order chi connectivity index (χ1) is 16.6. The number of methoxy groups -OCH3 is 1. The molecule has 5 rings (SSSR count). The fourth-order valence-electron chi connectivity index (χ4n) is 4.99. The van der Waals surface area contributed by atoms with Crippen molar-refractivity contribution in [2.24, 2.45) is 0 Å². The number of carbonyl (C=O) groups is 2. The van der Waals surface area contributed by atoms with Crippen LogP contribution in [0.25, 0.3) is 0 Å². The number of ether oxygens (including phenoxy) is 3. The normalized spacial score (nSPS) is 22.2. The summed E-state index contributed by atoms with van der Waals surface area (Å²) < 4.78 is 16.6. The second-order valence-electron chi connectivity index (χ2n) is 8.94. The molecule has 2 atom stereocenters. The van der Waals surface area contributed by atoms with Crippen LogP contribution in [0.4, 0.5) is 0 Å². The lowest BCUT2D eigenvalue weighted by Crippen LogP contribution is -2.59. The van der Waals surface area contributed by atoms with Gasteiger partial charge in [-0.1, -0.05) is 18.2 Å². The molecule has 2 aromatic rings. The predicted molar refractivity (Wildman–Crippen MR) is 122 cm³/mol. The summed E-state index contributed by atoms with van der Waals surface area (Å²) in [5, 5.41) is 9.15. The summed E-state index contributed by atoms with van der Waals surface area (Å²) in [6, 6.07) is 13.4. The van der Waals surface area contributed by atoms with Crippen LogP contribution in [0.3, 0.4) is 0 Å². The molecule has 0 bridgehead atoms. The summed E-state index contributed by atoms with van der Waals surface area (Å²) in [4.78, 5) is 29.2. The number of benzene rings is 2. The van der Waals surface area contributed by atoms with Gasteiger partial charge in [-0.2, -0.15) is 5.26 Å². The van der Waals surface area contributed by atoms with Gasteiger partial charge in [0.25, 0.3) is 0 Å². The van der Waals surface area contributed by atoms with Crippen LogP contribution in [0, 0.1) is 11.3 Å². The van der Waals surface area contributed by atoms with E-state index in [0.717, 1.165) is 36.2 Å². The van der Waals surface area contributed by atoms with Gasteiger partial charge in [-0.25, -0.2) is 4.79 Å². The maximum absolute atomic E-state index is 13.0. The maximum Gasteiger partial charge on any atom is 0.338 e. The zero-order valence-corrected chi connectivity index (χ0v) is 19.2. The first-order valence-electron chi connectivity index (χ1n) is 11.6. The molecule has 0 spiro atoms. The second kappa shape index (κ2) is 9.45. The van der Waals surface area contributed by atoms with Crippen molar-refractivity contribution in [3.63, 3.8) is 0 Å². The van der Waals surface area contributed by atoms with Gasteiger partial charge in [0.1, 0.15) is 11.8 Å². The van der Waals surface area contributed by atoms with E-state index in [1.807, 2.05) is 23.1 Å². The largest absolute Gasteiger partial charge is 0.495 e. The number of nitrogens with zero attached hydrogens (tertiary/aromatic N) is 3. The predicted octanol–water partition coefficient (Wildman–Crippen LogP) is 2.11. The number of morpholine rings is 1. The van der Waals surface area contributed by atoms with Crippen LogP contribution in [0.1, 0.15) is 38.7 Å². The fourth-order valence-corrected chi connectivity index (χ4v) is 4.99. The van der Waals surface area contributed by atoms with Crippen molar-refractivity contribution < 1.29 is 23.8 Å². The Kier molecular flexibility index (Phi) is 6.22. The van der Waals surface area contributed by atoms with Crippen LogP contribution >= 0.6 is 0 Å². The van der Waals surface area contributed by atoms with Gasteiger partial charge in [0, 0.05) is 32.6 Å². The highest BCUT2D eigenvalue weighted by molar-refractivity contribution is 5.92. The Balaban J connectivity index is 1.20. The lowest BCUT2D eigenvalue weighted by molar-refractivity contribution is -0.139. The van der Waals surface area contributed by atoms with Crippen molar-refractivity contribution in [3.05, 3.63) is 64.2 Å². The molecule has 3 heterocycles. The summed E-state index contributed by atoms with van der Waals surface area (Å²) in [6.07, 6.45) is 0.958. The Morgan fingerprint density at radius 1 is 1.21 bits per heavy atom. The number of carbonyl (C=O) groups excluding carboxylic acids is 2. The van der Waals surface area contributed by atoms with Crippen molar-refractivity contribution in [1.82, 2.24) is 9.80 Å². The van der Waals surface area contributed by atoms with Crippen molar-refractivity contribution in [1.29, 1.82) is 5.26 Å². The molecule has 8 heteroatoms. The van der Waals surface area contributed by atoms with E-state index in [-0.39, 0.29) is 30.4 Å². The molecule has 2 saturated heterocycles. The molecule has 0 unspecified atom stereocenters. The number of amides is 1. The van der Waals surface area contributed by atoms with E-state index in [1.165, 1.54) is 7.11 Å². The van der Waals surface area contributed by atoms with E-state index in [1.54, 1.807) is 12.1 Å². The third-order valence-corrected chi connectivity index (χ3v) is 6.91. The number of hydrogen-bond donors (Lipinski definition) is 0. The van der Waals surface area contributed by atoms with Crippen LogP contribution in [0.2, 0.25) is 0 Å². The van der Waals surface area contributed by atoms with E-state index >= 15 is 0 Å². The first kappa shape index (κ1) is 22.4. The van der Waals surface area contributed by atoms with Crippen LogP contribution in [0.15, 0.2) is 36.4 Å². The van der Waals surface area contributed by atoms with Gasteiger partial charge in [0.2, 0.25) is 5.91 Å². The zero-order valence-electron chi connectivity index (χ0n) is 19.2. The molecule has 3 aliphatic heterocycles. The number of piperazine rings is 1. The zero-order chi connectivity index (χ0) is 23.7. The molecular formula is C26H27N3O5. The van der Waals surface area contributed by atoms with Gasteiger partial charge in [-0.3, -0.25) is 9.69 Å². The highest BCUT2D eigenvalue weighted by Crippen LogP contribution is 2.30. The lowest BCUT2D eigenvalue weighted by Gasteiger charge is -2.46. The molecule has 2 aromatic carbocycles. The summed E-state index contributed by atoms with van der Waals surface area (Å²) in [5.74, 6) is 0.302. The Morgan fingerprint density at radius 2 is 2.09 bits per heavy atom. The van der Waals surface area contributed by atoms with Gasteiger partial charge in [0.05, 0.1) is 50.0 Å². The maximum atomic E-state index is 13.0. The van der Waals surface area contributed by atoms with Gasteiger partial charge in [-0.15, -0.1) is 0 Å². The first-order valence-corrected chi connectivity index (χ1v) is 11.6. The third kappa shape index (κ3) is 4.37. The molecule has 2 fully saturated rings. The number of nitriles is 1. The fraction of sp³-hybridized carbons (Fsp3) is 0.423. The van der Waals surface area contributed by atoms with Crippen molar-refractivity contribution >= 4 is 11.9 Å². The van der Waals surface area contributed by atoms with E-state index < -0.39 is 0 Å². The Labute approximate surface area is 198 Å². The average molecular weight is 462 g/mol. The molecule has 0 aromatic heterocycles. The minimum absolute atomic E-state index is 0.0483. The Hall–Kier alpha value is -3.41. The van der Waals surface area contributed by atoms with Crippen molar-refractivity contribution in [2.75, 3.05) is 46.5 Å². The molecule has 0 aliphatic carbocycles. The summed E-state index contributed by atoms with van der Waals surface area (Å²) in [6.45, 7) is 3.85. The highest BCUT2D eigenvalue weighted by atomic mass is 16.5. The van der Waals surface area contributed by atoms with Gasteiger partial charge in [-0.05, 0) is 34.9 Å². The molecule has 8 nitrogen and oxygen atoms in total. The minimum Gasteiger partial charge on any atom is -0.495 e. The van der Waals surface area contributed by atoms with Gasteiger partial charge in [0.15, 0.2) is 0 Å². The second-order valence-corrected chi connectivity index (χ2v) is 8.94. The van der Waals surface area contributed by atoms with Crippen LogP contribution < -0.4 is 4.74 Å². The Bertz CT molecular complexity index is 1160. The standard InChI is InChI=1S/C26H27N3O5/c1-32-23-10-17(2-3-20(23)13-27)11-25(30)29-8-7-28-15-24(34-16-21(28)14-29)19-4-5-22-18(12-19)6-9-33-26(22)31/h2-5,10,12,21,24H,6-9,11,14-16H2,1H3/t21-,24-/m0/s1. The number of esters is 1. The monoisotopic (exact) mass is 461 g/mol. The van der Waals surface area contributed by atoms with E-state index in [9.17, 15) is 9.59 Å². The highest BCUT2D eigenvalue weighted by Gasteiger charge is 2.36. The molecule has 0 N–H and O–H groups in total. The number of rotatable bonds is 4. The number of fused-ring (bicyclic) bond motifs is 2. The van der Waals surface area contributed by atoms with Crippen molar-refractivity contribution in [2.45, 2.75) is 25.0 Å². The summed E-state index contributed by atoms with van der Waals surface area (Å²) in [7, 11) is 1.52. The van der Waals surface area contributed by atoms with Crippen LogP contribution in [0.5, 0.6) is 5.75 Å². The SMILES string of the molecule is COc1cc(CC(=O)N2CCN3C[C@@H](c4ccc5c(c4)CCOC5=O)OC[C@@H]3C2)ccc1C#N. The number of hydrogen-bond acceptors (Lipinski definition) is 7. The Morgan fingerprint density at radius 3 is 2.91 bits per heavy atom. The molecule has 176 valence electrons. The smallest absolute Gasteiger partial charge is 0.338 e. The molecule has 3 aliphatic rings. The van der Waals surface area contributed by atoms with Gasteiger partial charge >= 0.3 is 5.97 Å². The van der Waals surface area contributed by atoms with Crippen molar-refractivity contribution in [3.8, 4) is 11.8 Å². The molecule has 0 radical (unpaired) electrons. The lowest BCUT2D eigenvalue weighted by atomic mass is 9.96. The minimum atomic E-state index is -0.252. The molecule has 34 heavy (non-hydrogen) atoms. The quantitative estimate of drug-likeness (QED) is 0.644. The molecular weight excluding hydrogens is 434 g/mol. The number of cyclic esters (lactones) is 1. The average Bonchev–Trinajstić information content (AvgIpc) is 2.87. The molecule has 0 saturated carbocycles. The van der Waals surface area contributed by atoms with E-state index in [0.29, 0.717) is 43.2 Å². The summed E-state index contributed by atoms with van der Waals surface area (Å²) in [5.41, 5.74) is 4.05. The third-order valence-electron chi connectivity index (χ3n) is 6.91. The summed E-state index contributed by atoms with van der Waals surface area (Å²) >= 11 is 0. The van der Waals surface area contributed by atoms with Crippen LogP contribution in [-0.4, -0.2) is 74.2 Å². The van der Waals surface area contributed by atoms with Crippen LogP contribution in [-0.2, 0) is 27.1 Å².